The van der Waals surface area contributed by atoms with Crippen LogP contribution >= 0.6 is 0 Å². The first-order chi connectivity index (χ1) is 24.3. The number of hydrogen-bond donors (Lipinski definition) is 7. The molecule has 1 fully saturated rings. The minimum absolute atomic E-state index is 0.270. The van der Waals surface area contributed by atoms with E-state index >= 15 is 0 Å². The van der Waals surface area contributed by atoms with Gasteiger partial charge in [0.25, 0.3) is 0 Å². The monoisotopic (exact) mass is 710 g/mol. The van der Waals surface area contributed by atoms with E-state index in [9.17, 15) is 35.4 Å². The fourth-order valence-electron chi connectivity index (χ4n) is 6.68. The van der Waals surface area contributed by atoms with E-state index in [-0.39, 0.29) is 18.9 Å². The topological polar surface area (TPSA) is 169 Å². The zero-order valence-corrected chi connectivity index (χ0v) is 30.9. The second-order valence-corrected chi connectivity index (χ2v) is 14.4. The molecule has 1 heterocycles. The summed E-state index contributed by atoms with van der Waals surface area (Å²) >= 11 is 0. The number of nitrogens with one attached hydrogen (secondary N) is 1. The van der Waals surface area contributed by atoms with Crippen LogP contribution in [0.2, 0.25) is 0 Å². The fraction of sp³-hybridized carbons (Fsp3) is 0.825. The SMILES string of the molecule is CCCCCCCCCCCCCC[C@@H](O)[C@@H](O)[C@H](CO[C@H]1O[C@H](CO)[C@H](O)[C@H](O)[C@H]1O)NC(=O)CCCCCCCCCc1ccccc1. The van der Waals surface area contributed by atoms with Crippen LogP contribution in [-0.4, -0.2) is 98.7 Å². The second kappa shape index (κ2) is 27.9. The summed E-state index contributed by atoms with van der Waals surface area (Å²) in [5, 5.41) is 64.9. The van der Waals surface area contributed by atoms with Gasteiger partial charge < -0.3 is 45.4 Å². The summed E-state index contributed by atoms with van der Waals surface area (Å²) in [6.07, 6.45) is 13.6. The predicted octanol–water partition coefficient (Wildman–Crippen LogP) is 5.46. The highest BCUT2D eigenvalue weighted by Crippen LogP contribution is 2.23. The van der Waals surface area contributed by atoms with Crippen molar-refractivity contribution in [3.8, 4) is 0 Å². The molecule has 1 aliphatic heterocycles. The van der Waals surface area contributed by atoms with Crippen molar-refractivity contribution in [2.75, 3.05) is 13.2 Å². The minimum Gasteiger partial charge on any atom is -0.394 e. The Balaban J connectivity index is 1.74. The standard InChI is InChI=1S/C40H71NO9/c1-2-3-4-5-6-7-8-9-10-13-16-22-27-33(43)36(45)32(30-49-40-39(48)38(47)37(46)34(29-42)50-40)41-35(44)28-23-17-14-11-12-15-19-24-31-25-20-18-21-26-31/h18,20-21,25-26,32-34,36-40,42-43,45-48H,2-17,19,22-24,27-30H2,1H3,(H,41,44)/t32-,33+,34+,36-,37-,38-,39+,40-/m0/s1. The van der Waals surface area contributed by atoms with E-state index < -0.39 is 55.6 Å². The van der Waals surface area contributed by atoms with Gasteiger partial charge in [-0.15, -0.1) is 0 Å². The number of carbonyl (C=O) groups excluding carboxylic acids is 1. The van der Waals surface area contributed by atoms with Gasteiger partial charge >= 0.3 is 0 Å². The maximum atomic E-state index is 12.9. The highest BCUT2D eigenvalue weighted by molar-refractivity contribution is 5.76. The lowest BCUT2D eigenvalue weighted by molar-refractivity contribution is -0.303. The van der Waals surface area contributed by atoms with Gasteiger partial charge in [0.1, 0.15) is 30.5 Å². The van der Waals surface area contributed by atoms with E-state index in [1.807, 2.05) is 6.07 Å². The van der Waals surface area contributed by atoms with E-state index in [0.717, 1.165) is 51.4 Å². The summed E-state index contributed by atoms with van der Waals surface area (Å²) in [4.78, 5) is 12.9. The molecule has 1 aromatic rings. The number of hydrogen-bond acceptors (Lipinski definition) is 9. The lowest BCUT2D eigenvalue weighted by atomic mass is 9.98. The molecule has 7 N–H and O–H groups in total. The molecule has 1 amide bonds. The quantitative estimate of drug-likeness (QED) is 0.0513. The molecule has 1 aromatic carbocycles. The van der Waals surface area contributed by atoms with Crippen molar-refractivity contribution in [1.82, 2.24) is 5.32 Å². The van der Waals surface area contributed by atoms with E-state index in [4.69, 9.17) is 9.47 Å². The van der Waals surface area contributed by atoms with Crippen LogP contribution in [-0.2, 0) is 20.7 Å². The molecule has 290 valence electrons. The largest absolute Gasteiger partial charge is 0.394 e. The highest BCUT2D eigenvalue weighted by Gasteiger charge is 2.44. The van der Waals surface area contributed by atoms with Crippen molar-refractivity contribution in [2.24, 2.45) is 0 Å². The summed E-state index contributed by atoms with van der Waals surface area (Å²) in [7, 11) is 0. The number of benzene rings is 1. The number of aliphatic hydroxyl groups is 6. The Hall–Kier alpha value is -1.63. The van der Waals surface area contributed by atoms with Crippen molar-refractivity contribution in [3.05, 3.63) is 35.9 Å². The Morgan fingerprint density at radius 1 is 0.740 bits per heavy atom. The van der Waals surface area contributed by atoms with Crippen molar-refractivity contribution >= 4 is 5.91 Å². The van der Waals surface area contributed by atoms with Gasteiger partial charge in [-0.1, -0.05) is 146 Å². The van der Waals surface area contributed by atoms with Crippen molar-refractivity contribution in [3.63, 3.8) is 0 Å². The van der Waals surface area contributed by atoms with Crippen LogP contribution in [0.5, 0.6) is 0 Å². The number of aryl methyl sites for hydroxylation is 1. The molecule has 50 heavy (non-hydrogen) atoms. The van der Waals surface area contributed by atoms with Crippen LogP contribution in [0.4, 0.5) is 0 Å². The van der Waals surface area contributed by atoms with Gasteiger partial charge in [0.15, 0.2) is 6.29 Å². The van der Waals surface area contributed by atoms with Crippen LogP contribution in [0.15, 0.2) is 30.3 Å². The molecule has 0 spiro atoms. The van der Waals surface area contributed by atoms with Crippen molar-refractivity contribution < 1.29 is 44.9 Å². The molecule has 2 rings (SSSR count). The Morgan fingerprint density at radius 2 is 1.28 bits per heavy atom. The number of aliphatic hydroxyl groups excluding tert-OH is 6. The van der Waals surface area contributed by atoms with Gasteiger partial charge in [-0.3, -0.25) is 4.79 Å². The van der Waals surface area contributed by atoms with Gasteiger partial charge in [-0.2, -0.15) is 0 Å². The summed E-state index contributed by atoms with van der Waals surface area (Å²) in [5.74, 6) is -0.271. The Morgan fingerprint density at radius 3 is 1.86 bits per heavy atom. The molecule has 0 aromatic heterocycles. The average molecular weight is 710 g/mol. The van der Waals surface area contributed by atoms with E-state index in [1.165, 1.54) is 76.2 Å². The number of amides is 1. The van der Waals surface area contributed by atoms with Gasteiger partial charge in [-0.05, 0) is 31.2 Å². The zero-order valence-electron chi connectivity index (χ0n) is 30.9. The van der Waals surface area contributed by atoms with Crippen LogP contribution in [0, 0.1) is 0 Å². The molecule has 0 unspecified atom stereocenters. The third kappa shape index (κ3) is 18.7. The van der Waals surface area contributed by atoms with Gasteiger partial charge in [0, 0.05) is 6.42 Å². The second-order valence-electron chi connectivity index (χ2n) is 14.4. The summed E-state index contributed by atoms with van der Waals surface area (Å²) < 4.78 is 11.1. The summed E-state index contributed by atoms with van der Waals surface area (Å²) in [5.41, 5.74) is 1.37. The molecular formula is C40H71NO9. The maximum absolute atomic E-state index is 12.9. The molecular weight excluding hydrogens is 638 g/mol. The van der Waals surface area contributed by atoms with Crippen LogP contribution < -0.4 is 5.32 Å². The first-order valence-corrected chi connectivity index (χ1v) is 19.9. The molecule has 8 atom stereocenters. The third-order valence-electron chi connectivity index (χ3n) is 10.0. The molecule has 0 bridgehead atoms. The number of ether oxygens (including phenoxy) is 2. The van der Waals surface area contributed by atoms with E-state index in [2.05, 4.69) is 36.5 Å². The molecule has 0 aliphatic carbocycles. The fourth-order valence-corrected chi connectivity index (χ4v) is 6.68. The molecule has 1 saturated heterocycles. The first-order valence-electron chi connectivity index (χ1n) is 19.9. The normalized spacial score (nSPS) is 22.7. The molecule has 10 heteroatoms. The Bertz CT molecular complexity index is 952. The lowest BCUT2D eigenvalue weighted by Gasteiger charge is -2.40. The molecule has 1 aliphatic rings. The van der Waals surface area contributed by atoms with Crippen molar-refractivity contribution in [2.45, 2.75) is 197 Å². The molecule has 0 radical (unpaired) electrons. The van der Waals surface area contributed by atoms with E-state index in [0.29, 0.717) is 12.8 Å². The summed E-state index contributed by atoms with van der Waals surface area (Å²) in [6, 6.07) is 9.52. The lowest BCUT2D eigenvalue weighted by Crippen LogP contribution is -2.60. The summed E-state index contributed by atoms with van der Waals surface area (Å²) in [6.45, 7) is 1.32. The number of unbranched alkanes of at least 4 members (excludes halogenated alkanes) is 17. The zero-order chi connectivity index (χ0) is 36.4. The maximum Gasteiger partial charge on any atom is 0.220 e. The van der Waals surface area contributed by atoms with Crippen LogP contribution in [0.1, 0.15) is 147 Å². The van der Waals surface area contributed by atoms with Crippen LogP contribution in [0.3, 0.4) is 0 Å². The predicted molar refractivity (Wildman–Crippen MR) is 196 cm³/mol. The highest BCUT2D eigenvalue weighted by atomic mass is 16.7. The Labute approximate surface area is 302 Å². The minimum atomic E-state index is -1.61. The number of rotatable bonds is 30. The Kier molecular flexibility index (Phi) is 24.9. The number of carbonyl (C=O) groups is 1. The van der Waals surface area contributed by atoms with E-state index in [1.54, 1.807) is 0 Å². The molecule has 10 nitrogen and oxygen atoms in total. The van der Waals surface area contributed by atoms with Gasteiger partial charge in [0.05, 0.1) is 25.4 Å². The first kappa shape index (κ1) is 44.5. The van der Waals surface area contributed by atoms with Gasteiger partial charge in [0.2, 0.25) is 5.91 Å². The molecule has 0 saturated carbocycles. The average Bonchev–Trinajstić information content (AvgIpc) is 3.12. The third-order valence-corrected chi connectivity index (χ3v) is 10.0. The smallest absolute Gasteiger partial charge is 0.220 e. The van der Waals surface area contributed by atoms with Crippen molar-refractivity contribution in [1.29, 1.82) is 0 Å². The van der Waals surface area contributed by atoms with Crippen LogP contribution in [0.25, 0.3) is 0 Å². The van der Waals surface area contributed by atoms with Gasteiger partial charge in [-0.25, -0.2) is 0 Å².